The second kappa shape index (κ2) is 6.95. The van der Waals surface area contributed by atoms with Crippen LogP contribution in [0, 0.1) is 0 Å². The fourth-order valence-corrected chi connectivity index (χ4v) is 2.34. The van der Waals surface area contributed by atoms with Gasteiger partial charge in [0.1, 0.15) is 11.4 Å². The highest BCUT2D eigenvalue weighted by Gasteiger charge is 2.20. The number of morpholine rings is 1. The molecule has 1 aromatic rings. The fraction of sp³-hybridized carbons (Fsp3) is 0.562. The highest BCUT2D eigenvalue weighted by Crippen LogP contribution is 2.36. The van der Waals surface area contributed by atoms with Crippen LogP contribution in [0.25, 0.3) is 0 Å². The monoisotopic (exact) mass is 323 g/mol. The lowest BCUT2D eigenvalue weighted by atomic mass is 10.2. The average Bonchev–Trinajstić information content (AvgIpc) is 2.46. The van der Waals surface area contributed by atoms with E-state index in [0.29, 0.717) is 30.3 Å². The number of amides is 1. The summed E-state index contributed by atoms with van der Waals surface area (Å²) in [6, 6.07) is 3.51. The highest BCUT2D eigenvalue weighted by molar-refractivity contribution is 5.90. The molecule has 1 aliphatic rings. The molecule has 0 aromatic heterocycles. The number of carbonyl (C=O) groups is 1. The van der Waals surface area contributed by atoms with E-state index in [1.165, 1.54) is 0 Å². The molecule has 0 aliphatic carbocycles. The third-order valence-electron chi connectivity index (χ3n) is 3.34. The van der Waals surface area contributed by atoms with Crippen molar-refractivity contribution < 1.29 is 19.0 Å². The molecule has 0 unspecified atom stereocenters. The molecule has 1 aromatic carbocycles. The number of nitrogens with one attached hydrogen (secondary N) is 1. The quantitative estimate of drug-likeness (QED) is 0.831. The molecule has 0 atom stereocenters. The summed E-state index contributed by atoms with van der Waals surface area (Å²) in [7, 11) is 1.55. The summed E-state index contributed by atoms with van der Waals surface area (Å²) in [5.74, 6) is 0.534. The summed E-state index contributed by atoms with van der Waals surface area (Å²) in [6.45, 7) is 8.29. The Hall–Kier alpha value is -2.15. The van der Waals surface area contributed by atoms with Gasteiger partial charge in [-0.05, 0) is 26.8 Å². The summed E-state index contributed by atoms with van der Waals surface area (Å²) in [5.41, 5.74) is 7.50. The lowest BCUT2D eigenvalue weighted by Crippen LogP contribution is -2.36. The first-order chi connectivity index (χ1) is 10.8. The smallest absolute Gasteiger partial charge is 0.412 e. The van der Waals surface area contributed by atoms with Crippen LogP contribution in [0.3, 0.4) is 0 Å². The minimum atomic E-state index is -0.573. The SMILES string of the molecule is COc1cc(N2CCOCC2)c(N)cc1NC(=O)OC(C)(C)C. The van der Waals surface area contributed by atoms with E-state index in [2.05, 4.69) is 10.2 Å². The van der Waals surface area contributed by atoms with Crippen LogP contribution in [0.5, 0.6) is 5.75 Å². The summed E-state index contributed by atoms with van der Waals surface area (Å²) in [4.78, 5) is 14.1. The predicted octanol–water partition coefficient (Wildman–Crippen LogP) is 2.46. The molecule has 2 rings (SSSR count). The van der Waals surface area contributed by atoms with Crippen LogP contribution >= 0.6 is 0 Å². The number of anilines is 3. The van der Waals surface area contributed by atoms with Gasteiger partial charge in [0, 0.05) is 19.2 Å². The van der Waals surface area contributed by atoms with E-state index in [1.807, 2.05) is 6.07 Å². The van der Waals surface area contributed by atoms with Gasteiger partial charge < -0.3 is 24.8 Å². The zero-order valence-corrected chi connectivity index (χ0v) is 14.1. The Labute approximate surface area is 136 Å². The van der Waals surface area contributed by atoms with Crippen molar-refractivity contribution in [1.29, 1.82) is 0 Å². The zero-order valence-electron chi connectivity index (χ0n) is 14.1. The summed E-state index contributed by atoms with van der Waals surface area (Å²) >= 11 is 0. The van der Waals surface area contributed by atoms with Crippen molar-refractivity contribution in [1.82, 2.24) is 0 Å². The van der Waals surface area contributed by atoms with E-state index < -0.39 is 11.7 Å². The molecule has 23 heavy (non-hydrogen) atoms. The van der Waals surface area contributed by atoms with E-state index in [9.17, 15) is 4.79 Å². The number of nitrogens with zero attached hydrogens (tertiary/aromatic N) is 1. The molecule has 0 saturated carbocycles. The van der Waals surface area contributed by atoms with E-state index in [4.69, 9.17) is 19.9 Å². The number of nitrogens with two attached hydrogens (primary N) is 1. The van der Waals surface area contributed by atoms with Crippen LogP contribution in [0.1, 0.15) is 20.8 Å². The molecule has 0 bridgehead atoms. The van der Waals surface area contributed by atoms with Gasteiger partial charge in [-0.3, -0.25) is 5.32 Å². The number of hydrogen-bond acceptors (Lipinski definition) is 6. The second-order valence-electron chi connectivity index (χ2n) is 6.34. The summed E-state index contributed by atoms with van der Waals surface area (Å²) in [6.07, 6.45) is -0.547. The Bertz CT molecular complexity index is 563. The van der Waals surface area contributed by atoms with E-state index in [0.717, 1.165) is 18.8 Å². The largest absolute Gasteiger partial charge is 0.494 e. The minimum absolute atomic E-state index is 0.483. The van der Waals surface area contributed by atoms with E-state index in [1.54, 1.807) is 33.9 Å². The van der Waals surface area contributed by atoms with Gasteiger partial charge in [-0.1, -0.05) is 0 Å². The van der Waals surface area contributed by atoms with Gasteiger partial charge in [0.2, 0.25) is 0 Å². The van der Waals surface area contributed by atoms with Crippen molar-refractivity contribution in [3.63, 3.8) is 0 Å². The number of benzene rings is 1. The normalized spacial score (nSPS) is 15.2. The van der Waals surface area contributed by atoms with E-state index in [-0.39, 0.29) is 0 Å². The molecule has 7 nitrogen and oxygen atoms in total. The molecule has 3 N–H and O–H groups in total. The Balaban J connectivity index is 2.20. The molecule has 1 aliphatic heterocycles. The molecule has 1 saturated heterocycles. The van der Waals surface area contributed by atoms with Crippen LogP contribution in [-0.2, 0) is 9.47 Å². The van der Waals surface area contributed by atoms with Crippen molar-refractivity contribution in [2.24, 2.45) is 0 Å². The molecule has 1 amide bonds. The number of hydrogen-bond donors (Lipinski definition) is 2. The molecule has 128 valence electrons. The lowest BCUT2D eigenvalue weighted by Gasteiger charge is -2.30. The highest BCUT2D eigenvalue weighted by atomic mass is 16.6. The number of methoxy groups -OCH3 is 1. The molecule has 1 fully saturated rings. The number of nitrogen functional groups attached to an aromatic ring is 1. The Morgan fingerprint density at radius 3 is 2.52 bits per heavy atom. The molecular weight excluding hydrogens is 298 g/mol. The van der Waals surface area contributed by atoms with Gasteiger partial charge in [0.25, 0.3) is 0 Å². The minimum Gasteiger partial charge on any atom is -0.494 e. The Kier molecular flexibility index (Phi) is 5.20. The Morgan fingerprint density at radius 1 is 1.30 bits per heavy atom. The van der Waals surface area contributed by atoms with Crippen LogP contribution in [0.15, 0.2) is 12.1 Å². The van der Waals surface area contributed by atoms with Crippen molar-refractivity contribution in [3.05, 3.63) is 12.1 Å². The van der Waals surface area contributed by atoms with Gasteiger partial charge in [0.15, 0.2) is 0 Å². The van der Waals surface area contributed by atoms with Gasteiger partial charge >= 0.3 is 6.09 Å². The van der Waals surface area contributed by atoms with Gasteiger partial charge in [-0.15, -0.1) is 0 Å². The average molecular weight is 323 g/mol. The third kappa shape index (κ3) is 4.66. The summed E-state index contributed by atoms with van der Waals surface area (Å²) in [5, 5.41) is 2.68. The van der Waals surface area contributed by atoms with E-state index >= 15 is 0 Å². The predicted molar refractivity (Wildman–Crippen MR) is 90.3 cm³/mol. The first-order valence-electron chi connectivity index (χ1n) is 7.60. The topological polar surface area (TPSA) is 86.0 Å². The van der Waals surface area contributed by atoms with Crippen molar-refractivity contribution in [2.45, 2.75) is 26.4 Å². The van der Waals surface area contributed by atoms with Gasteiger partial charge in [-0.2, -0.15) is 0 Å². The Morgan fingerprint density at radius 2 is 1.96 bits per heavy atom. The van der Waals surface area contributed by atoms with Crippen molar-refractivity contribution >= 4 is 23.2 Å². The standard InChI is InChI=1S/C16H25N3O4/c1-16(2,3)23-15(20)18-12-9-11(17)13(10-14(12)21-4)19-5-7-22-8-6-19/h9-10H,5-8,17H2,1-4H3,(H,18,20). The van der Waals surface area contributed by atoms with Crippen LogP contribution in [-0.4, -0.2) is 45.1 Å². The second-order valence-corrected chi connectivity index (χ2v) is 6.34. The fourth-order valence-electron chi connectivity index (χ4n) is 2.34. The molecule has 1 heterocycles. The maximum atomic E-state index is 11.9. The lowest BCUT2D eigenvalue weighted by molar-refractivity contribution is 0.0635. The van der Waals surface area contributed by atoms with Crippen molar-refractivity contribution in [2.75, 3.05) is 49.4 Å². The van der Waals surface area contributed by atoms with Gasteiger partial charge in [0.05, 0.1) is 37.4 Å². The maximum Gasteiger partial charge on any atom is 0.412 e. The maximum absolute atomic E-state index is 11.9. The molecule has 0 radical (unpaired) electrons. The number of ether oxygens (including phenoxy) is 3. The first kappa shape index (κ1) is 17.2. The van der Waals surface area contributed by atoms with Crippen LogP contribution < -0.4 is 20.7 Å². The number of rotatable bonds is 3. The first-order valence-corrected chi connectivity index (χ1v) is 7.60. The molecule has 7 heteroatoms. The number of carbonyl (C=O) groups excluding carboxylic acids is 1. The molecular formula is C16H25N3O4. The van der Waals surface area contributed by atoms with Gasteiger partial charge in [-0.25, -0.2) is 4.79 Å². The molecule has 0 spiro atoms. The van der Waals surface area contributed by atoms with Crippen LogP contribution in [0.4, 0.5) is 21.9 Å². The third-order valence-corrected chi connectivity index (χ3v) is 3.34. The zero-order chi connectivity index (χ0) is 17.0. The van der Waals surface area contributed by atoms with Crippen molar-refractivity contribution in [3.8, 4) is 5.75 Å². The summed E-state index contributed by atoms with van der Waals surface area (Å²) < 4.78 is 16.0. The van der Waals surface area contributed by atoms with Crippen LogP contribution in [0.2, 0.25) is 0 Å².